The second kappa shape index (κ2) is 9.82. The molecule has 0 aliphatic rings. The van der Waals surface area contributed by atoms with Gasteiger partial charge in [0.2, 0.25) is 21.9 Å². The maximum Gasteiger partial charge on any atom is 0.248 e. The van der Waals surface area contributed by atoms with Crippen molar-refractivity contribution in [3.63, 3.8) is 0 Å². The maximum atomic E-state index is 11.4. The Hall–Kier alpha value is -4.07. The summed E-state index contributed by atoms with van der Waals surface area (Å²) in [5.41, 5.74) is 7.59. The molecule has 1 unspecified atom stereocenters. The van der Waals surface area contributed by atoms with E-state index < -0.39 is 10.0 Å². The third-order valence-electron chi connectivity index (χ3n) is 4.88. The van der Waals surface area contributed by atoms with Crippen LogP contribution in [-0.2, 0) is 10.0 Å². The van der Waals surface area contributed by atoms with Crippen LogP contribution in [-0.4, -0.2) is 44.9 Å². The number of nitrogens with zero attached hydrogens (tertiary/aromatic N) is 5. The van der Waals surface area contributed by atoms with Gasteiger partial charge in [0, 0.05) is 18.4 Å². The molecule has 0 aliphatic carbocycles. The fraction of sp³-hybridized carbons (Fsp3) is 0.143. The second-order valence-corrected chi connectivity index (χ2v) is 8.84. The Balaban J connectivity index is 1.53. The van der Waals surface area contributed by atoms with E-state index in [1.165, 1.54) is 35.3 Å². The van der Waals surface area contributed by atoms with E-state index >= 15 is 0 Å². The lowest BCUT2D eigenvalue weighted by atomic mass is 10.0. The highest BCUT2D eigenvalue weighted by molar-refractivity contribution is 7.89. The average Bonchev–Trinajstić information content (AvgIpc) is 3.19. The van der Waals surface area contributed by atoms with Gasteiger partial charge in [0.15, 0.2) is 5.82 Å². The third kappa shape index (κ3) is 5.46. The minimum atomic E-state index is -3.78. The molecule has 2 aromatic carbocycles. The molecular formula is C21H23N9O3S. The Morgan fingerprint density at radius 2 is 1.79 bits per heavy atom. The van der Waals surface area contributed by atoms with E-state index in [2.05, 4.69) is 30.7 Å². The minimum Gasteiger partial charge on any atom is -0.396 e. The first-order valence-corrected chi connectivity index (χ1v) is 11.8. The molecule has 7 N–H and O–H groups in total. The highest BCUT2D eigenvalue weighted by Gasteiger charge is 2.15. The lowest BCUT2D eigenvalue weighted by Gasteiger charge is -2.19. The van der Waals surface area contributed by atoms with Crippen molar-refractivity contribution in [2.45, 2.75) is 17.4 Å². The van der Waals surface area contributed by atoms with Gasteiger partial charge in [0.1, 0.15) is 12.1 Å². The molecule has 1 atom stereocenters. The topological polar surface area (TPSA) is 187 Å². The molecule has 12 nitrogen and oxygen atoms in total. The Bertz CT molecular complexity index is 1360. The van der Waals surface area contributed by atoms with Crippen LogP contribution in [0, 0.1) is 0 Å². The number of anilines is 4. The van der Waals surface area contributed by atoms with Crippen LogP contribution in [0.15, 0.2) is 71.9 Å². The van der Waals surface area contributed by atoms with E-state index in [0.717, 1.165) is 5.56 Å². The molecule has 0 fully saturated rings. The summed E-state index contributed by atoms with van der Waals surface area (Å²) in [4.78, 5) is 12.7. The number of hydrogen-bond donors (Lipinski definition) is 5. The molecule has 0 bridgehead atoms. The van der Waals surface area contributed by atoms with Gasteiger partial charge in [-0.3, -0.25) is 0 Å². The molecule has 0 spiro atoms. The number of aliphatic hydroxyl groups excluding tert-OH is 1. The quantitative estimate of drug-likeness (QED) is 0.235. The van der Waals surface area contributed by atoms with Gasteiger partial charge in [-0.25, -0.2) is 23.5 Å². The normalized spacial score (nSPS) is 12.3. The minimum absolute atomic E-state index is 0.00734. The number of sulfonamides is 1. The molecule has 34 heavy (non-hydrogen) atoms. The molecule has 4 rings (SSSR count). The predicted molar refractivity (Wildman–Crippen MR) is 127 cm³/mol. The highest BCUT2D eigenvalue weighted by Crippen LogP contribution is 2.23. The first-order valence-electron chi connectivity index (χ1n) is 10.2. The molecule has 13 heteroatoms. The lowest BCUT2D eigenvalue weighted by molar-refractivity contribution is 0.280. The van der Waals surface area contributed by atoms with Crippen molar-refractivity contribution in [2.24, 2.45) is 5.14 Å². The number of benzene rings is 2. The van der Waals surface area contributed by atoms with Crippen LogP contribution in [0.5, 0.6) is 0 Å². The van der Waals surface area contributed by atoms with Crippen LogP contribution >= 0.6 is 0 Å². The number of nitrogen functional groups attached to an aromatic ring is 1. The zero-order valence-electron chi connectivity index (χ0n) is 17.9. The summed E-state index contributed by atoms with van der Waals surface area (Å²) < 4.78 is 24.1. The van der Waals surface area contributed by atoms with Crippen molar-refractivity contribution in [3.8, 4) is 5.82 Å². The van der Waals surface area contributed by atoms with E-state index in [4.69, 9.17) is 10.9 Å². The number of rotatable bonds is 9. The summed E-state index contributed by atoms with van der Waals surface area (Å²) in [5, 5.41) is 25.2. The fourth-order valence-electron chi connectivity index (χ4n) is 3.26. The first-order chi connectivity index (χ1) is 16.3. The number of nitrogens with one attached hydrogen (secondary N) is 2. The SMILES string of the molecule is Nc1nc(Nc2ccc(S(N)(=O)=O)cc2)nn1-c1cc(NC(CCO)c2ccccc2)ncn1. The smallest absolute Gasteiger partial charge is 0.248 e. The van der Waals surface area contributed by atoms with Gasteiger partial charge in [0.05, 0.1) is 10.9 Å². The van der Waals surface area contributed by atoms with Gasteiger partial charge in [0.25, 0.3) is 0 Å². The molecule has 0 radical (unpaired) electrons. The largest absolute Gasteiger partial charge is 0.396 e. The molecule has 2 aromatic heterocycles. The van der Waals surface area contributed by atoms with Crippen molar-refractivity contribution in [2.75, 3.05) is 23.0 Å². The van der Waals surface area contributed by atoms with Crippen LogP contribution in [0.25, 0.3) is 5.82 Å². The van der Waals surface area contributed by atoms with E-state index in [9.17, 15) is 13.5 Å². The van der Waals surface area contributed by atoms with Crippen LogP contribution in [0.2, 0.25) is 0 Å². The molecule has 0 amide bonds. The van der Waals surface area contributed by atoms with Gasteiger partial charge in [-0.2, -0.15) is 9.67 Å². The van der Waals surface area contributed by atoms with Gasteiger partial charge in [-0.05, 0) is 36.2 Å². The van der Waals surface area contributed by atoms with E-state index in [1.54, 1.807) is 6.07 Å². The molecule has 0 saturated carbocycles. The number of nitrogens with two attached hydrogens (primary N) is 2. The Labute approximate surface area is 195 Å². The molecule has 176 valence electrons. The number of aromatic nitrogens is 5. The Kier molecular flexibility index (Phi) is 6.67. The monoisotopic (exact) mass is 481 g/mol. The predicted octanol–water partition coefficient (Wildman–Crippen LogP) is 1.57. The van der Waals surface area contributed by atoms with Crippen molar-refractivity contribution in [1.82, 2.24) is 24.7 Å². The summed E-state index contributed by atoms with van der Waals surface area (Å²) in [6.07, 6.45) is 1.87. The van der Waals surface area contributed by atoms with E-state index in [1.807, 2.05) is 30.3 Å². The molecular weight excluding hydrogens is 458 g/mol. The zero-order chi connectivity index (χ0) is 24.1. The van der Waals surface area contributed by atoms with Crippen LogP contribution < -0.4 is 21.5 Å². The second-order valence-electron chi connectivity index (χ2n) is 7.28. The van der Waals surface area contributed by atoms with E-state index in [-0.39, 0.29) is 29.4 Å². The lowest BCUT2D eigenvalue weighted by Crippen LogP contribution is -2.14. The zero-order valence-corrected chi connectivity index (χ0v) is 18.7. The summed E-state index contributed by atoms with van der Waals surface area (Å²) in [7, 11) is -3.78. The summed E-state index contributed by atoms with van der Waals surface area (Å²) >= 11 is 0. The Morgan fingerprint density at radius 3 is 2.47 bits per heavy atom. The molecule has 2 heterocycles. The Morgan fingerprint density at radius 1 is 1.06 bits per heavy atom. The molecule has 0 saturated heterocycles. The summed E-state index contributed by atoms with van der Waals surface area (Å²) in [6, 6.07) is 17.1. The summed E-state index contributed by atoms with van der Waals surface area (Å²) in [6.45, 7) is 0.00768. The van der Waals surface area contributed by atoms with Crippen molar-refractivity contribution in [1.29, 1.82) is 0 Å². The summed E-state index contributed by atoms with van der Waals surface area (Å²) in [5.74, 6) is 1.19. The van der Waals surface area contributed by atoms with Crippen LogP contribution in [0.1, 0.15) is 18.0 Å². The maximum absolute atomic E-state index is 11.4. The number of primary sulfonamides is 1. The number of aliphatic hydroxyl groups is 1. The van der Waals surface area contributed by atoms with Gasteiger partial charge >= 0.3 is 0 Å². The van der Waals surface area contributed by atoms with Crippen LogP contribution in [0.3, 0.4) is 0 Å². The highest BCUT2D eigenvalue weighted by atomic mass is 32.2. The van der Waals surface area contributed by atoms with Crippen molar-refractivity contribution < 1.29 is 13.5 Å². The van der Waals surface area contributed by atoms with Gasteiger partial charge in [-0.1, -0.05) is 30.3 Å². The van der Waals surface area contributed by atoms with Gasteiger partial charge in [-0.15, -0.1) is 5.10 Å². The molecule has 0 aliphatic heterocycles. The van der Waals surface area contributed by atoms with E-state index in [0.29, 0.717) is 23.7 Å². The number of hydrogen-bond acceptors (Lipinski definition) is 10. The molecule has 4 aromatic rings. The first kappa shape index (κ1) is 23.1. The van der Waals surface area contributed by atoms with Gasteiger partial charge < -0.3 is 21.5 Å². The fourth-order valence-corrected chi connectivity index (χ4v) is 3.78. The van der Waals surface area contributed by atoms with Crippen molar-refractivity contribution >= 4 is 33.4 Å². The standard InChI is InChI=1S/C21H23N9O3S/c22-20-28-21(26-15-6-8-16(9-7-15)34(23,32)33)29-30(20)19-12-18(24-13-25-19)27-17(10-11-31)14-4-2-1-3-5-14/h1-9,12-13,17,31H,10-11H2,(H2,23,32,33)(H,24,25,27)(H3,22,26,28,29). The average molecular weight is 482 g/mol. The van der Waals surface area contributed by atoms with Crippen LogP contribution in [0.4, 0.5) is 23.4 Å². The van der Waals surface area contributed by atoms with Crippen molar-refractivity contribution in [3.05, 3.63) is 72.6 Å². The third-order valence-corrected chi connectivity index (χ3v) is 5.81.